The minimum Gasteiger partial charge on any atom is -0.358 e. The predicted molar refractivity (Wildman–Crippen MR) is 84.7 cm³/mol. The van der Waals surface area contributed by atoms with Gasteiger partial charge in [0.25, 0.3) is 5.91 Å². The standard InChI is InChI=1S/C17H17N3O/c1-10-6-7-18-9-16(10)20-17(21)13-4-5-15-14(8-13)11(2)12(3)19-15/h4-9,19H,1-3H3,(H,20,21). The number of H-pyrrole nitrogens is 1. The highest BCUT2D eigenvalue weighted by Gasteiger charge is 2.11. The van der Waals surface area contributed by atoms with Gasteiger partial charge in [-0.25, -0.2) is 0 Å². The van der Waals surface area contributed by atoms with Gasteiger partial charge in [-0.05, 0) is 56.2 Å². The third-order valence-corrected chi connectivity index (χ3v) is 3.86. The largest absolute Gasteiger partial charge is 0.358 e. The maximum absolute atomic E-state index is 12.4. The summed E-state index contributed by atoms with van der Waals surface area (Å²) in [5.74, 6) is -0.119. The normalized spacial score (nSPS) is 10.8. The SMILES string of the molecule is Cc1ccncc1NC(=O)c1ccc2[nH]c(C)c(C)c2c1. The molecule has 0 fully saturated rings. The molecule has 0 spiro atoms. The fraction of sp³-hybridized carbons (Fsp3) is 0.176. The molecule has 0 aliphatic heterocycles. The summed E-state index contributed by atoms with van der Waals surface area (Å²) < 4.78 is 0. The van der Waals surface area contributed by atoms with Crippen molar-refractivity contribution in [1.29, 1.82) is 0 Å². The Morgan fingerprint density at radius 3 is 2.76 bits per heavy atom. The molecule has 21 heavy (non-hydrogen) atoms. The molecule has 3 rings (SSSR count). The molecule has 2 N–H and O–H groups in total. The third-order valence-electron chi connectivity index (χ3n) is 3.86. The fourth-order valence-electron chi connectivity index (χ4n) is 2.39. The number of fused-ring (bicyclic) bond motifs is 1. The summed E-state index contributed by atoms with van der Waals surface area (Å²) in [6.07, 6.45) is 3.38. The van der Waals surface area contributed by atoms with E-state index in [4.69, 9.17) is 0 Å². The van der Waals surface area contributed by atoms with Crippen molar-refractivity contribution in [3.8, 4) is 0 Å². The van der Waals surface area contributed by atoms with Crippen molar-refractivity contribution in [3.05, 3.63) is 59.0 Å². The topological polar surface area (TPSA) is 57.8 Å². The van der Waals surface area contributed by atoms with Gasteiger partial charge in [0.1, 0.15) is 0 Å². The lowest BCUT2D eigenvalue weighted by molar-refractivity contribution is 0.102. The number of benzene rings is 1. The van der Waals surface area contributed by atoms with Crippen LogP contribution in [-0.4, -0.2) is 15.9 Å². The van der Waals surface area contributed by atoms with Crippen molar-refractivity contribution in [2.75, 3.05) is 5.32 Å². The van der Waals surface area contributed by atoms with Crippen LogP contribution in [0.2, 0.25) is 0 Å². The van der Waals surface area contributed by atoms with E-state index >= 15 is 0 Å². The van der Waals surface area contributed by atoms with Crippen LogP contribution in [0.15, 0.2) is 36.7 Å². The lowest BCUT2D eigenvalue weighted by Crippen LogP contribution is -2.12. The molecule has 3 aromatic rings. The fourth-order valence-corrected chi connectivity index (χ4v) is 2.39. The Bertz CT molecular complexity index is 833. The monoisotopic (exact) mass is 279 g/mol. The van der Waals surface area contributed by atoms with E-state index in [9.17, 15) is 4.79 Å². The van der Waals surface area contributed by atoms with Gasteiger partial charge in [0.05, 0.1) is 11.9 Å². The van der Waals surface area contributed by atoms with E-state index in [1.807, 2.05) is 38.1 Å². The molecule has 0 unspecified atom stereocenters. The number of carbonyl (C=O) groups is 1. The summed E-state index contributed by atoms with van der Waals surface area (Å²) >= 11 is 0. The van der Waals surface area contributed by atoms with E-state index in [0.29, 0.717) is 5.56 Å². The van der Waals surface area contributed by atoms with Gasteiger partial charge in [0, 0.05) is 28.4 Å². The average Bonchev–Trinajstić information content (AvgIpc) is 2.76. The Balaban J connectivity index is 1.95. The lowest BCUT2D eigenvalue weighted by atomic mass is 10.1. The Morgan fingerprint density at radius 2 is 2.00 bits per heavy atom. The summed E-state index contributed by atoms with van der Waals surface area (Å²) in [5.41, 5.74) is 5.74. The number of amides is 1. The molecule has 106 valence electrons. The Morgan fingerprint density at radius 1 is 1.19 bits per heavy atom. The Hall–Kier alpha value is -2.62. The number of hydrogen-bond donors (Lipinski definition) is 2. The molecule has 4 nitrogen and oxygen atoms in total. The van der Waals surface area contributed by atoms with Crippen LogP contribution in [0, 0.1) is 20.8 Å². The summed E-state index contributed by atoms with van der Waals surface area (Å²) in [4.78, 5) is 19.7. The molecule has 1 amide bonds. The highest BCUT2D eigenvalue weighted by atomic mass is 16.1. The first-order valence-corrected chi connectivity index (χ1v) is 6.87. The quantitative estimate of drug-likeness (QED) is 0.750. The predicted octanol–water partition coefficient (Wildman–Crippen LogP) is 3.74. The maximum Gasteiger partial charge on any atom is 0.255 e. The number of nitrogens with zero attached hydrogens (tertiary/aromatic N) is 1. The van der Waals surface area contributed by atoms with Crippen molar-refractivity contribution < 1.29 is 4.79 Å². The van der Waals surface area contributed by atoms with Crippen LogP contribution in [0.4, 0.5) is 5.69 Å². The summed E-state index contributed by atoms with van der Waals surface area (Å²) in [6, 6.07) is 7.58. The molecule has 0 aliphatic carbocycles. The van der Waals surface area contributed by atoms with Crippen molar-refractivity contribution in [1.82, 2.24) is 9.97 Å². The molecule has 2 aromatic heterocycles. The Kier molecular flexibility index (Phi) is 3.22. The van der Waals surface area contributed by atoms with Crippen molar-refractivity contribution in [2.45, 2.75) is 20.8 Å². The number of aryl methyl sites for hydroxylation is 3. The minimum absolute atomic E-state index is 0.119. The van der Waals surface area contributed by atoms with Gasteiger partial charge in [-0.2, -0.15) is 0 Å². The number of aromatic nitrogens is 2. The van der Waals surface area contributed by atoms with Crippen LogP contribution in [0.5, 0.6) is 0 Å². The number of pyridine rings is 1. The third kappa shape index (κ3) is 2.40. The number of hydrogen-bond acceptors (Lipinski definition) is 2. The van der Waals surface area contributed by atoms with E-state index in [1.54, 1.807) is 12.4 Å². The van der Waals surface area contributed by atoms with E-state index < -0.39 is 0 Å². The van der Waals surface area contributed by atoms with Crippen LogP contribution < -0.4 is 5.32 Å². The second kappa shape index (κ2) is 5.05. The average molecular weight is 279 g/mol. The zero-order valence-corrected chi connectivity index (χ0v) is 12.3. The van der Waals surface area contributed by atoms with Gasteiger partial charge in [-0.15, -0.1) is 0 Å². The van der Waals surface area contributed by atoms with Crippen LogP contribution in [0.3, 0.4) is 0 Å². The van der Waals surface area contributed by atoms with Gasteiger partial charge < -0.3 is 10.3 Å². The molecular formula is C17H17N3O. The number of nitrogens with one attached hydrogen (secondary N) is 2. The van der Waals surface area contributed by atoms with Gasteiger partial charge in [-0.3, -0.25) is 9.78 Å². The van der Waals surface area contributed by atoms with E-state index in [-0.39, 0.29) is 5.91 Å². The molecule has 0 atom stereocenters. The number of carbonyl (C=O) groups excluding carboxylic acids is 1. The lowest BCUT2D eigenvalue weighted by Gasteiger charge is -2.07. The maximum atomic E-state index is 12.4. The molecule has 0 saturated carbocycles. The zero-order valence-electron chi connectivity index (χ0n) is 12.3. The Labute approximate surface area is 123 Å². The molecule has 0 bridgehead atoms. The second-order valence-corrected chi connectivity index (χ2v) is 5.28. The summed E-state index contributed by atoms with van der Waals surface area (Å²) in [6.45, 7) is 6.04. The van der Waals surface area contributed by atoms with Crippen LogP contribution in [0.1, 0.15) is 27.2 Å². The van der Waals surface area contributed by atoms with Gasteiger partial charge in [0.15, 0.2) is 0 Å². The van der Waals surface area contributed by atoms with Gasteiger partial charge in [0.2, 0.25) is 0 Å². The first-order valence-electron chi connectivity index (χ1n) is 6.87. The summed E-state index contributed by atoms with van der Waals surface area (Å²) in [5, 5.41) is 3.99. The minimum atomic E-state index is -0.119. The number of aromatic amines is 1. The molecule has 0 radical (unpaired) electrons. The van der Waals surface area contributed by atoms with E-state index in [2.05, 4.69) is 22.2 Å². The highest BCUT2D eigenvalue weighted by molar-refractivity contribution is 6.06. The van der Waals surface area contributed by atoms with E-state index in [1.165, 1.54) is 5.56 Å². The van der Waals surface area contributed by atoms with Crippen LogP contribution in [0.25, 0.3) is 10.9 Å². The van der Waals surface area contributed by atoms with E-state index in [0.717, 1.165) is 27.8 Å². The molecule has 4 heteroatoms. The van der Waals surface area contributed by atoms with Crippen molar-refractivity contribution >= 4 is 22.5 Å². The number of anilines is 1. The van der Waals surface area contributed by atoms with Crippen LogP contribution >= 0.6 is 0 Å². The van der Waals surface area contributed by atoms with Gasteiger partial charge >= 0.3 is 0 Å². The van der Waals surface area contributed by atoms with Crippen LogP contribution in [-0.2, 0) is 0 Å². The molecule has 2 heterocycles. The molecule has 1 aromatic carbocycles. The molecule has 0 saturated heterocycles. The second-order valence-electron chi connectivity index (χ2n) is 5.28. The first kappa shape index (κ1) is 13.4. The molecule has 0 aliphatic rings. The first-order chi connectivity index (χ1) is 10.1. The van der Waals surface area contributed by atoms with Crippen molar-refractivity contribution in [3.63, 3.8) is 0 Å². The smallest absolute Gasteiger partial charge is 0.255 e. The molecular weight excluding hydrogens is 262 g/mol. The summed E-state index contributed by atoms with van der Waals surface area (Å²) in [7, 11) is 0. The van der Waals surface area contributed by atoms with Crippen molar-refractivity contribution in [2.24, 2.45) is 0 Å². The van der Waals surface area contributed by atoms with Gasteiger partial charge in [-0.1, -0.05) is 0 Å². The zero-order chi connectivity index (χ0) is 15.0. The number of rotatable bonds is 2. The highest BCUT2D eigenvalue weighted by Crippen LogP contribution is 2.23.